The van der Waals surface area contributed by atoms with E-state index in [2.05, 4.69) is 23.4 Å². The molecule has 2 heterocycles. The van der Waals surface area contributed by atoms with Crippen LogP contribution in [0.1, 0.15) is 16.8 Å². The number of pyridine rings is 1. The Morgan fingerprint density at radius 3 is 2.92 bits per heavy atom. The molecule has 5 nitrogen and oxygen atoms in total. The summed E-state index contributed by atoms with van der Waals surface area (Å²) >= 11 is 7.13. The fraction of sp³-hybridized carbons (Fsp3) is 0.278. The Balaban J connectivity index is 1.67. The zero-order chi connectivity index (χ0) is 17.8. The van der Waals surface area contributed by atoms with Gasteiger partial charge in [0, 0.05) is 22.7 Å². The molecular weight excluding hydrogens is 356 g/mol. The van der Waals surface area contributed by atoms with Crippen LogP contribution < -0.4 is 10.2 Å². The van der Waals surface area contributed by atoms with Crippen molar-refractivity contribution in [1.29, 1.82) is 5.26 Å². The number of nitrogens with one attached hydrogen (secondary N) is 2. The van der Waals surface area contributed by atoms with Gasteiger partial charge in [-0.2, -0.15) is 5.26 Å². The van der Waals surface area contributed by atoms with Crippen LogP contribution in [-0.4, -0.2) is 30.2 Å². The molecular formula is C18H18ClN4OS+. The van der Waals surface area contributed by atoms with E-state index in [1.807, 2.05) is 6.07 Å². The van der Waals surface area contributed by atoms with Gasteiger partial charge in [-0.15, -0.1) is 0 Å². The topological polar surface area (TPSA) is 70.2 Å². The number of carbonyl (C=O) groups excluding carboxylic acids is 1. The van der Waals surface area contributed by atoms with Gasteiger partial charge >= 0.3 is 0 Å². The fourth-order valence-corrected chi connectivity index (χ4v) is 3.64. The first-order valence-electron chi connectivity index (χ1n) is 7.97. The maximum Gasteiger partial charge on any atom is 0.234 e. The van der Waals surface area contributed by atoms with Crippen LogP contribution in [0.5, 0.6) is 0 Å². The van der Waals surface area contributed by atoms with Crippen molar-refractivity contribution in [2.24, 2.45) is 0 Å². The second kappa shape index (κ2) is 7.87. The van der Waals surface area contributed by atoms with Crippen LogP contribution in [0.2, 0.25) is 5.02 Å². The fourth-order valence-electron chi connectivity index (χ4n) is 2.74. The lowest BCUT2D eigenvalue weighted by molar-refractivity contribution is -0.895. The molecule has 0 saturated carbocycles. The molecule has 0 spiro atoms. The van der Waals surface area contributed by atoms with Gasteiger partial charge in [0.1, 0.15) is 17.6 Å². The number of aromatic nitrogens is 1. The molecule has 1 amide bonds. The highest BCUT2D eigenvalue weighted by Gasteiger charge is 2.20. The largest absolute Gasteiger partial charge is 0.333 e. The van der Waals surface area contributed by atoms with Crippen LogP contribution in [-0.2, 0) is 17.8 Å². The maximum absolute atomic E-state index is 12.1. The zero-order valence-corrected chi connectivity index (χ0v) is 15.4. The van der Waals surface area contributed by atoms with Crippen LogP contribution in [0.25, 0.3) is 0 Å². The second-order valence-corrected chi connectivity index (χ2v) is 7.44. The van der Waals surface area contributed by atoms with Crippen molar-refractivity contribution in [2.45, 2.75) is 18.0 Å². The van der Waals surface area contributed by atoms with Crippen LogP contribution in [0.3, 0.4) is 0 Å². The number of benzene rings is 1. The van der Waals surface area contributed by atoms with E-state index in [9.17, 15) is 10.1 Å². The van der Waals surface area contributed by atoms with Crippen molar-refractivity contribution in [3.8, 4) is 6.07 Å². The molecule has 0 bridgehead atoms. The van der Waals surface area contributed by atoms with Crippen molar-refractivity contribution in [2.75, 3.05) is 24.7 Å². The molecule has 2 aromatic rings. The molecule has 128 valence electrons. The van der Waals surface area contributed by atoms with E-state index >= 15 is 0 Å². The first kappa shape index (κ1) is 17.7. The summed E-state index contributed by atoms with van der Waals surface area (Å²) in [6, 6.07) is 11.1. The third-order valence-corrected chi connectivity index (χ3v) is 5.27. The Morgan fingerprint density at radius 2 is 2.20 bits per heavy atom. The second-order valence-electron chi connectivity index (χ2n) is 6.04. The number of hydrogen-bond acceptors (Lipinski definition) is 4. The molecule has 1 aliphatic rings. The quantitative estimate of drug-likeness (QED) is 0.803. The molecule has 0 fully saturated rings. The summed E-state index contributed by atoms with van der Waals surface area (Å²) in [5.74, 6) is 0.0637. The number of quaternary nitrogens is 1. The highest BCUT2D eigenvalue weighted by molar-refractivity contribution is 8.00. The van der Waals surface area contributed by atoms with Gasteiger partial charge in [0.2, 0.25) is 5.91 Å². The van der Waals surface area contributed by atoms with Gasteiger partial charge < -0.3 is 10.2 Å². The number of halogens is 1. The van der Waals surface area contributed by atoms with Crippen LogP contribution >= 0.6 is 23.4 Å². The zero-order valence-electron chi connectivity index (χ0n) is 13.8. The Kier molecular flexibility index (Phi) is 5.59. The van der Waals surface area contributed by atoms with E-state index in [0.717, 1.165) is 30.8 Å². The van der Waals surface area contributed by atoms with E-state index in [4.69, 9.17) is 11.6 Å². The number of nitrogens with zero attached hydrogens (tertiary/aromatic N) is 2. The number of likely N-dealkylation sites (N-methyl/N-ethyl adjacent to an activating group) is 1. The average molecular weight is 374 g/mol. The smallest absolute Gasteiger partial charge is 0.234 e. The molecule has 1 aliphatic heterocycles. The number of amides is 1. The van der Waals surface area contributed by atoms with Gasteiger partial charge in [0.25, 0.3) is 0 Å². The lowest BCUT2D eigenvalue weighted by atomic mass is 10.0. The van der Waals surface area contributed by atoms with Crippen LogP contribution in [0.4, 0.5) is 5.69 Å². The first-order chi connectivity index (χ1) is 12.0. The molecule has 0 saturated heterocycles. The summed E-state index contributed by atoms with van der Waals surface area (Å²) in [6.07, 6.45) is 0.900. The minimum Gasteiger partial charge on any atom is -0.333 e. The lowest BCUT2D eigenvalue weighted by Gasteiger charge is -2.22. The number of hydrogen-bond donors (Lipinski definition) is 2. The number of rotatable bonds is 4. The van der Waals surface area contributed by atoms with Gasteiger partial charge in [-0.1, -0.05) is 23.4 Å². The van der Waals surface area contributed by atoms with Gasteiger partial charge in [0.05, 0.1) is 30.6 Å². The molecule has 1 aromatic carbocycles. The van der Waals surface area contributed by atoms with Gasteiger partial charge in [-0.25, -0.2) is 4.98 Å². The molecule has 1 aromatic heterocycles. The first-order valence-corrected chi connectivity index (χ1v) is 9.34. The van der Waals surface area contributed by atoms with Gasteiger partial charge in [-0.05, 0) is 30.3 Å². The van der Waals surface area contributed by atoms with Crippen molar-refractivity contribution in [3.05, 3.63) is 52.2 Å². The van der Waals surface area contributed by atoms with E-state index < -0.39 is 0 Å². The lowest BCUT2D eigenvalue weighted by Crippen LogP contribution is -3.08. The van der Waals surface area contributed by atoms with Crippen molar-refractivity contribution >= 4 is 35.0 Å². The molecule has 7 heteroatoms. The van der Waals surface area contributed by atoms with Gasteiger partial charge in [-0.3, -0.25) is 4.79 Å². The number of carbonyl (C=O) groups is 1. The minimum absolute atomic E-state index is 0.139. The predicted octanol–water partition coefficient (Wildman–Crippen LogP) is 1.91. The van der Waals surface area contributed by atoms with E-state index in [1.165, 1.54) is 16.7 Å². The average Bonchev–Trinajstić information content (AvgIpc) is 2.61. The predicted molar refractivity (Wildman–Crippen MR) is 98.9 cm³/mol. The Bertz CT molecular complexity index is 832. The van der Waals surface area contributed by atoms with Crippen molar-refractivity contribution in [3.63, 3.8) is 0 Å². The standard InChI is InChI=1S/C18H17ClN4OS/c1-23-7-6-16-13(10-23)8-12(9-20)18(22-16)25-11-17(24)21-15-4-2-14(19)3-5-15/h2-5,8H,6-7,10-11H2,1H3,(H,21,24)/p+1. The Morgan fingerprint density at radius 1 is 1.44 bits per heavy atom. The normalized spacial score (nSPS) is 16.0. The van der Waals surface area contributed by atoms with Gasteiger partial charge in [0.15, 0.2) is 0 Å². The Labute approximate surface area is 156 Å². The van der Waals surface area contributed by atoms with Crippen molar-refractivity contribution in [1.82, 2.24) is 4.98 Å². The van der Waals surface area contributed by atoms with Crippen LogP contribution in [0.15, 0.2) is 35.4 Å². The van der Waals surface area contributed by atoms with Crippen LogP contribution in [0, 0.1) is 11.3 Å². The monoisotopic (exact) mass is 373 g/mol. The highest BCUT2D eigenvalue weighted by atomic mass is 35.5. The summed E-state index contributed by atoms with van der Waals surface area (Å²) in [6.45, 7) is 1.92. The highest BCUT2D eigenvalue weighted by Crippen LogP contribution is 2.24. The Hall–Kier alpha value is -2.07. The van der Waals surface area contributed by atoms with E-state index in [0.29, 0.717) is 21.3 Å². The molecule has 1 unspecified atom stereocenters. The number of nitriles is 1. The van der Waals surface area contributed by atoms with E-state index in [1.54, 1.807) is 24.3 Å². The molecule has 25 heavy (non-hydrogen) atoms. The summed E-state index contributed by atoms with van der Waals surface area (Å²) in [5, 5.41) is 13.5. The summed E-state index contributed by atoms with van der Waals surface area (Å²) in [4.78, 5) is 18.2. The summed E-state index contributed by atoms with van der Waals surface area (Å²) < 4.78 is 0. The maximum atomic E-state index is 12.1. The third kappa shape index (κ3) is 4.51. The molecule has 3 rings (SSSR count). The summed E-state index contributed by atoms with van der Waals surface area (Å²) in [5.41, 5.74) is 3.41. The molecule has 0 radical (unpaired) electrons. The SMILES string of the molecule is C[NH+]1CCc2nc(SCC(=O)Nc3ccc(Cl)cc3)c(C#N)cc2C1. The minimum atomic E-state index is -0.139. The molecule has 0 aliphatic carbocycles. The molecule has 2 N–H and O–H groups in total. The van der Waals surface area contributed by atoms with E-state index in [-0.39, 0.29) is 11.7 Å². The number of anilines is 1. The third-order valence-electron chi connectivity index (χ3n) is 4.03. The van der Waals surface area contributed by atoms with Crippen molar-refractivity contribution < 1.29 is 9.69 Å². The molecule has 1 atom stereocenters. The number of fused-ring (bicyclic) bond motifs is 1. The number of thioether (sulfide) groups is 1. The summed E-state index contributed by atoms with van der Waals surface area (Å²) in [7, 11) is 2.14.